The van der Waals surface area contributed by atoms with Gasteiger partial charge in [-0.25, -0.2) is 0 Å². The van der Waals surface area contributed by atoms with Gasteiger partial charge in [0.1, 0.15) is 0 Å². The lowest BCUT2D eigenvalue weighted by Gasteiger charge is -2.07. The fourth-order valence-corrected chi connectivity index (χ4v) is 3.79. The molecule has 0 unspecified atom stereocenters. The Labute approximate surface area is 165 Å². The number of nitrogens with one attached hydrogen (secondary N) is 1. The van der Waals surface area contributed by atoms with Crippen molar-refractivity contribution in [3.8, 4) is 0 Å². The van der Waals surface area contributed by atoms with Crippen LogP contribution in [0.4, 0.5) is 0 Å². The number of aromatic amines is 1. The van der Waals surface area contributed by atoms with Crippen molar-refractivity contribution in [3.05, 3.63) is 54.4 Å². The lowest BCUT2D eigenvalue weighted by atomic mass is 10.0. The SMILES string of the molecule is CCCCCCCCCCCCc1ccccc1S(=O)(=O)O.c1cc[nH]c1. The zero-order chi connectivity index (χ0) is 19.8. The van der Waals surface area contributed by atoms with Gasteiger partial charge in [-0.15, -0.1) is 0 Å². The number of H-pyrrole nitrogens is 1. The first-order valence-corrected chi connectivity index (χ1v) is 11.6. The van der Waals surface area contributed by atoms with E-state index in [4.69, 9.17) is 0 Å². The van der Waals surface area contributed by atoms with Crippen LogP contribution < -0.4 is 0 Å². The van der Waals surface area contributed by atoms with E-state index < -0.39 is 10.1 Å². The zero-order valence-corrected chi connectivity index (χ0v) is 17.4. The lowest BCUT2D eigenvalue weighted by Crippen LogP contribution is -2.03. The van der Waals surface area contributed by atoms with E-state index >= 15 is 0 Å². The van der Waals surface area contributed by atoms with Gasteiger partial charge in [-0.3, -0.25) is 4.55 Å². The fourth-order valence-electron chi connectivity index (χ4n) is 3.04. The maximum absolute atomic E-state index is 11.3. The molecule has 0 aliphatic heterocycles. The zero-order valence-electron chi connectivity index (χ0n) is 16.6. The molecule has 1 aromatic heterocycles. The second kappa shape index (κ2) is 14.5. The van der Waals surface area contributed by atoms with Crippen LogP contribution in [0.2, 0.25) is 0 Å². The van der Waals surface area contributed by atoms with Gasteiger partial charge in [-0.1, -0.05) is 82.9 Å². The van der Waals surface area contributed by atoms with Gasteiger partial charge in [0, 0.05) is 12.4 Å². The molecule has 27 heavy (non-hydrogen) atoms. The van der Waals surface area contributed by atoms with Gasteiger partial charge in [-0.05, 0) is 36.6 Å². The summed E-state index contributed by atoms with van der Waals surface area (Å²) in [5, 5.41) is 0. The van der Waals surface area contributed by atoms with Gasteiger partial charge in [0.25, 0.3) is 10.1 Å². The van der Waals surface area contributed by atoms with E-state index in [0.29, 0.717) is 6.42 Å². The number of unbranched alkanes of at least 4 members (excludes halogenated alkanes) is 9. The fraction of sp³-hybridized carbons (Fsp3) is 0.545. The molecule has 0 aliphatic rings. The Morgan fingerprint density at radius 2 is 1.30 bits per heavy atom. The van der Waals surface area contributed by atoms with E-state index in [9.17, 15) is 13.0 Å². The van der Waals surface area contributed by atoms with Gasteiger partial charge in [0.15, 0.2) is 0 Å². The third kappa shape index (κ3) is 11.7. The van der Waals surface area contributed by atoms with Crippen molar-refractivity contribution < 1.29 is 13.0 Å². The molecule has 0 amide bonds. The Hall–Kier alpha value is -1.59. The molecule has 2 rings (SSSR count). The van der Waals surface area contributed by atoms with Crippen LogP contribution in [0.5, 0.6) is 0 Å². The van der Waals surface area contributed by atoms with Crippen LogP contribution in [0.1, 0.15) is 76.7 Å². The van der Waals surface area contributed by atoms with Crippen molar-refractivity contribution >= 4 is 10.1 Å². The maximum atomic E-state index is 11.3. The molecule has 0 bridgehead atoms. The third-order valence-corrected chi connectivity index (χ3v) is 5.50. The number of aromatic nitrogens is 1. The van der Waals surface area contributed by atoms with Crippen LogP contribution in [0, 0.1) is 0 Å². The average molecular weight is 394 g/mol. The number of benzene rings is 1. The summed E-state index contributed by atoms with van der Waals surface area (Å²) in [5.74, 6) is 0. The minimum absolute atomic E-state index is 0.0610. The summed E-state index contributed by atoms with van der Waals surface area (Å²) in [6.45, 7) is 2.24. The largest absolute Gasteiger partial charge is 0.368 e. The minimum atomic E-state index is -4.10. The monoisotopic (exact) mass is 393 g/mol. The van der Waals surface area contributed by atoms with E-state index in [-0.39, 0.29) is 4.90 Å². The Morgan fingerprint density at radius 3 is 1.78 bits per heavy atom. The predicted octanol–water partition coefficient (Wildman–Crippen LogP) is 6.41. The predicted molar refractivity (Wildman–Crippen MR) is 113 cm³/mol. The minimum Gasteiger partial charge on any atom is -0.368 e. The molecule has 0 atom stereocenters. The van der Waals surface area contributed by atoms with Crippen molar-refractivity contribution in [3.63, 3.8) is 0 Å². The number of rotatable bonds is 12. The van der Waals surface area contributed by atoms with E-state index in [1.165, 1.54) is 57.4 Å². The van der Waals surface area contributed by atoms with Crippen LogP contribution in [0.3, 0.4) is 0 Å². The highest BCUT2D eigenvalue weighted by molar-refractivity contribution is 7.85. The molecule has 4 nitrogen and oxygen atoms in total. The molecule has 1 aromatic carbocycles. The Bertz CT molecular complexity index is 664. The van der Waals surface area contributed by atoms with Crippen molar-refractivity contribution in [2.24, 2.45) is 0 Å². The Balaban J connectivity index is 0.000000625. The van der Waals surface area contributed by atoms with E-state index in [1.54, 1.807) is 12.1 Å². The third-order valence-electron chi connectivity index (χ3n) is 4.55. The molecule has 5 heteroatoms. The molecule has 0 fully saturated rings. The Kier molecular flexibility index (Phi) is 12.6. The number of hydrogen-bond donors (Lipinski definition) is 2. The molecule has 0 spiro atoms. The first-order valence-electron chi connectivity index (χ1n) is 10.2. The topological polar surface area (TPSA) is 70.2 Å². The standard InChI is InChI=1S/C18H30O3S.C4H5N/c1-2-3-4-5-6-7-8-9-10-11-14-17-15-12-13-16-18(17)22(19,20)21;1-2-4-5-3-1/h12-13,15-16H,2-11,14H2,1H3,(H,19,20,21);1-5H. The molecule has 0 aliphatic carbocycles. The maximum Gasteiger partial charge on any atom is 0.294 e. The van der Waals surface area contributed by atoms with Crippen LogP contribution in [-0.4, -0.2) is 18.0 Å². The molecule has 0 saturated heterocycles. The molecular formula is C22H35NO3S. The second-order valence-electron chi connectivity index (χ2n) is 6.90. The summed E-state index contributed by atoms with van der Waals surface area (Å²) >= 11 is 0. The molecule has 0 radical (unpaired) electrons. The molecule has 2 N–H and O–H groups in total. The first-order chi connectivity index (χ1) is 13.1. The molecule has 1 heterocycles. The van der Waals surface area contributed by atoms with E-state index in [0.717, 1.165) is 18.4 Å². The highest BCUT2D eigenvalue weighted by atomic mass is 32.2. The van der Waals surface area contributed by atoms with Crippen molar-refractivity contribution in [1.29, 1.82) is 0 Å². The molecule has 2 aromatic rings. The number of aryl methyl sites for hydroxylation is 1. The summed E-state index contributed by atoms with van der Waals surface area (Å²) in [5.41, 5.74) is 0.726. The van der Waals surface area contributed by atoms with Crippen LogP contribution in [0.15, 0.2) is 53.7 Å². The van der Waals surface area contributed by atoms with Crippen molar-refractivity contribution in [1.82, 2.24) is 4.98 Å². The van der Waals surface area contributed by atoms with Gasteiger partial charge >= 0.3 is 0 Å². The normalized spacial score (nSPS) is 11.0. The van der Waals surface area contributed by atoms with E-state index in [2.05, 4.69) is 11.9 Å². The highest BCUT2D eigenvalue weighted by Crippen LogP contribution is 2.18. The summed E-state index contributed by atoms with van der Waals surface area (Å²) < 4.78 is 31.8. The smallest absolute Gasteiger partial charge is 0.294 e. The van der Waals surface area contributed by atoms with E-state index in [1.807, 2.05) is 30.6 Å². The van der Waals surface area contributed by atoms with Gasteiger partial charge in [-0.2, -0.15) is 8.42 Å². The van der Waals surface area contributed by atoms with Crippen molar-refractivity contribution in [2.75, 3.05) is 0 Å². The Morgan fingerprint density at radius 1 is 0.778 bits per heavy atom. The highest BCUT2D eigenvalue weighted by Gasteiger charge is 2.13. The second-order valence-corrected chi connectivity index (χ2v) is 8.29. The quantitative estimate of drug-likeness (QED) is 0.323. The summed E-state index contributed by atoms with van der Waals surface area (Å²) in [6.07, 6.45) is 17.1. The average Bonchev–Trinajstić information content (AvgIpc) is 3.23. The summed E-state index contributed by atoms with van der Waals surface area (Å²) in [6, 6.07) is 10.6. The van der Waals surface area contributed by atoms with Crippen LogP contribution in [-0.2, 0) is 16.5 Å². The molecular weight excluding hydrogens is 358 g/mol. The van der Waals surface area contributed by atoms with Gasteiger partial charge in [0.05, 0.1) is 4.90 Å². The van der Waals surface area contributed by atoms with Crippen LogP contribution >= 0.6 is 0 Å². The van der Waals surface area contributed by atoms with Gasteiger partial charge < -0.3 is 4.98 Å². The summed E-state index contributed by atoms with van der Waals surface area (Å²) in [7, 11) is -4.10. The molecule has 0 saturated carbocycles. The van der Waals surface area contributed by atoms with Crippen LogP contribution in [0.25, 0.3) is 0 Å². The number of hydrogen-bond acceptors (Lipinski definition) is 2. The summed E-state index contributed by atoms with van der Waals surface area (Å²) in [4.78, 5) is 2.92. The first kappa shape index (κ1) is 23.4. The van der Waals surface area contributed by atoms with Crippen molar-refractivity contribution in [2.45, 2.75) is 82.4 Å². The lowest BCUT2D eigenvalue weighted by molar-refractivity contribution is 0.481. The van der Waals surface area contributed by atoms with Gasteiger partial charge in [0.2, 0.25) is 0 Å². The molecule has 152 valence electrons.